The Morgan fingerprint density at radius 3 is 2.20 bits per heavy atom. The van der Waals surface area contributed by atoms with Crippen LogP contribution in [0.5, 0.6) is 0 Å². The molecule has 0 aliphatic rings. The van der Waals surface area contributed by atoms with Gasteiger partial charge in [0, 0.05) is 29.4 Å². The summed E-state index contributed by atoms with van der Waals surface area (Å²) in [4.78, 5) is 20.3. The van der Waals surface area contributed by atoms with Gasteiger partial charge >= 0.3 is 0 Å². The molecule has 0 aliphatic carbocycles. The van der Waals surface area contributed by atoms with Gasteiger partial charge in [0.1, 0.15) is 6.07 Å². The number of carbonyl (C=O) groups excluding carboxylic acids is 1. The molecule has 0 saturated heterocycles. The van der Waals surface area contributed by atoms with Crippen LogP contribution in [0.15, 0.2) is 78.9 Å². The van der Waals surface area contributed by atoms with Gasteiger partial charge in [-0.25, -0.2) is 4.98 Å². The van der Waals surface area contributed by atoms with Crippen molar-refractivity contribution in [1.29, 1.82) is 5.26 Å². The molecule has 1 amide bonds. The average molecular weight is 547 g/mol. The Labute approximate surface area is 243 Å². The zero-order valence-corrected chi connectivity index (χ0v) is 24.5. The largest absolute Gasteiger partial charge is 0.380 e. The molecule has 7 heteroatoms. The second-order valence-electron chi connectivity index (χ2n) is 10.3. The lowest BCUT2D eigenvalue weighted by molar-refractivity contribution is 0.102. The number of amides is 1. The second-order valence-corrected chi connectivity index (χ2v) is 10.3. The maximum Gasteiger partial charge on any atom is 0.255 e. The first-order chi connectivity index (χ1) is 19.8. The zero-order valence-electron chi connectivity index (χ0n) is 24.5. The molecule has 4 aromatic rings. The van der Waals surface area contributed by atoms with E-state index in [4.69, 9.17) is 4.98 Å². The summed E-state index contributed by atoms with van der Waals surface area (Å²) in [6, 6.07) is 27.4. The number of rotatable bonds is 11. The molecule has 7 nitrogen and oxygen atoms in total. The Morgan fingerprint density at radius 2 is 1.59 bits per heavy atom. The standard InChI is InChI=1S/C34H38N6O/c1-6-27-28(21-35)32(38-29(7-2)33(27)36-23(3)22-40(4)5)24-17-19-25(20-18-24)34(41)39-31-16-12-11-15-30(31)37-26-13-9-8-10-14-26/h8-20,23,36-37H,6-7,22H2,1-5H3,(H,39,41). The molecule has 1 atom stereocenters. The predicted octanol–water partition coefficient (Wildman–Crippen LogP) is 7.10. The van der Waals surface area contributed by atoms with E-state index in [0.29, 0.717) is 28.9 Å². The van der Waals surface area contributed by atoms with Crippen LogP contribution in [-0.2, 0) is 12.8 Å². The van der Waals surface area contributed by atoms with Gasteiger partial charge in [-0.1, -0.05) is 56.3 Å². The SMILES string of the molecule is CCc1nc(-c2ccc(C(=O)Nc3ccccc3Nc3ccccc3)cc2)c(C#N)c(CC)c1NC(C)CN(C)C. The third-order valence-electron chi connectivity index (χ3n) is 6.85. The van der Waals surface area contributed by atoms with Gasteiger partial charge in [-0.05, 0) is 75.8 Å². The van der Waals surface area contributed by atoms with Crippen LogP contribution in [-0.4, -0.2) is 42.5 Å². The molecular formula is C34H38N6O. The van der Waals surface area contributed by atoms with E-state index in [2.05, 4.69) is 47.7 Å². The molecular weight excluding hydrogens is 508 g/mol. The first-order valence-electron chi connectivity index (χ1n) is 14.0. The van der Waals surface area contributed by atoms with Gasteiger partial charge in [-0.15, -0.1) is 0 Å². The van der Waals surface area contributed by atoms with E-state index in [1.807, 2.05) is 80.8 Å². The van der Waals surface area contributed by atoms with Crippen LogP contribution in [0.4, 0.5) is 22.7 Å². The van der Waals surface area contributed by atoms with E-state index < -0.39 is 0 Å². The number of aryl methyl sites for hydroxylation is 1. The number of nitriles is 1. The quantitative estimate of drug-likeness (QED) is 0.186. The number of hydrogen-bond acceptors (Lipinski definition) is 6. The molecule has 3 N–H and O–H groups in total. The van der Waals surface area contributed by atoms with Gasteiger partial charge in [0.15, 0.2) is 0 Å². The Hall–Kier alpha value is -4.67. The molecule has 1 unspecified atom stereocenters. The first kappa shape index (κ1) is 29.3. The number of likely N-dealkylation sites (N-methyl/N-ethyl adjacent to an activating group) is 1. The molecule has 1 heterocycles. The lowest BCUT2D eigenvalue weighted by atomic mass is 9.95. The monoisotopic (exact) mass is 546 g/mol. The van der Waals surface area contributed by atoms with E-state index in [9.17, 15) is 10.1 Å². The van der Waals surface area contributed by atoms with E-state index in [1.54, 1.807) is 12.1 Å². The Morgan fingerprint density at radius 1 is 0.927 bits per heavy atom. The third-order valence-corrected chi connectivity index (χ3v) is 6.85. The first-order valence-corrected chi connectivity index (χ1v) is 14.0. The van der Waals surface area contributed by atoms with Crippen molar-refractivity contribution < 1.29 is 4.79 Å². The number of nitrogens with zero attached hydrogens (tertiary/aromatic N) is 3. The zero-order chi connectivity index (χ0) is 29.4. The van der Waals surface area contributed by atoms with Crippen molar-refractivity contribution in [3.8, 4) is 17.3 Å². The lowest BCUT2D eigenvalue weighted by Crippen LogP contribution is -2.30. The summed E-state index contributed by atoms with van der Waals surface area (Å²) in [5.41, 5.74) is 7.85. The van der Waals surface area contributed by atoms with Crippen LogP contribution in [0, 0.1) is 11.3 Å². The molecule has 0 saturated carbocycles. The minimum Gasteiger partial charge on any atom is -0.380 e. The van der Waals surface area contributed by atoms with E-state index in [1.165, 1.54) is 0 Å². The van der Waals surface area contributed by atoms with Gasteiger partial charge in [-0.3, -0.25) is 4.79 Å². The summed E-state index contributed by atoms with van der Waals surface area (Å²) in [7, 11) is 4.10. The summed E-state index contributed by atoms with van der Waals surface area (Å²) in [6.45, 7) is 7.15. The Kier molecular flexibility index (Phi) is 9.73. The maximum absolute atomic E-state index is 13.2. The van der Waals surface area contributed by atoms with Crippen LogP contribution in [0.25, 0.3) is 11.3 Å². The summed E-state index contributed by atoms with van der Waals surface area (Å²) in [5, 5.41) is 20.2. The van der Waals surface area contributed by atoms with E-state index in [0.717, 1.165) is 46.8 Å². The molecule has 0 spiro atoms. The number of para-hydroxylation sites is 3. The molecule has 3 aromatic carbocycles. The van der Waals surface area contributed by atoms with Crippen molar-refractivity contribution in [2.75, 3.05) is 36.6 Å². The highest BCUT2D eigenvalue weighted by Gasteiger charge is 2.21. The average Bonchev–Trinajstić information content (AvgIpc) is 2.97. The third kappa shape index (κ3) is 7.10. The van der Waals surface area contributed by atoms with Crippen LogP contribution in [0.3, 0.4) is 0 Å². The molecule has 4 rings (SSSR count). The van der Waals surface area contributed by atoms with Crippen molar-refractivity contribution in [3.05, 3.63) is 101 Å². The number of nitrogens with one attached hydrogen (secondary N) is 3. The number of anilines is 4. The van der Waals surface area contributed by atoms with Gasteiger partial charge in [-0.2, -0.15) is 5.26 Å². The number of pyridine rings is 1. The number of hydrogen-bond donors (Lipinski definition) is 3. The fourth-order valence-electron chi connectivity index (χ4n) is 4.99. The Bertz CT molecular complexity index is 1520. The van der Waals surface area contributed by atoms with Gasteiger partial charge in [0.25, 0.3) is 5.91 Å². The van der Waals surface area contributed by atoms with Crippen molar-refractivity contribution in [2.24, 2.45) is 0 Å². The van der Waals surface area contributed by atoms with Crippen LogP contribution in [0.2, 0.25) is 0 Å². The summed E-state index contributed by atoms with van der Waals surface area (Å²) >= 11 is 0. The second kappa shape index (κ2) is 13.6. The smallest absolute Gasteiger partial charge is 0.255 e. The highest BCUT2D eigenvalue weighted by molar-refractivity contribution is 6.06. The highest BCUT2D eigenvalue weighted by Crippen LogP contribution is 2.33. The number of aromatic nitrogens is 1. The molecule has 0 aliphatic heterocycles. The van der Waals surface area contributed by atoms with Crippen LogP contribution < -0.4 is 16.0 Å². The van der Waals surface area contributed by atoms with Crippen molar-refractivity contribution in [3.63, 3.8) is 0 Å². The van der Waals surface area contributed by atoms with Gasteiger partial charge < -0.3 is 20.9 Å². The Balaban J connectivity index is 1.60. The summed E-state index contributed by atoms with van der Waals surface area (Å²) < 4.78 is 0. The number of carbonyl (C=O) groups is 1. The minimum absolute atomic E-state index is 0.200. The fraction of sp³-hybridized carbons (Fsp3) is 0.265. The van der Waals surface area contributed by atoms with Crippen molar-refractivity contribution in [2.45, 2.75) is 39.7 Å². The summed E-state index contributed by atoms with van der Waals surface area (Å²) in [5.74, 6) is -0.217. The molecule has 210 valence electrons. The van der Waals surface area contributed by atoms with E-state index in [-0.39, 0.29) is 11.9 Å². The molecule has 1 aromatic heterocycles. The normalized spacial score (nSPS) is 11.5. The molecule has 0 bridgehead atoms. The molecule has 0 fully saturated rings. The number of benzene rings is 3. The van der Waals surface area contributed by atoms with Crippen LogP contribution >= 0.6 is 0 Å². The minimum atomic E-state index is -0.217. The van der Waals surface area contributed by atoms with Crippen LogP contribution in [0.1, 0.15) is 48.0 Å². The highest BCUT2D eigenvalue weighted by atomic mass is 16.1. The fourth-order valence-corrected chi connectivity index (χ4v) is 4.99. The van der Waals surface area contributed by atoms with Gasteiger partial charge in [0.05, 0.1) is 34.0 Å². The van der Waals surface area contributed by atoms with Gasteiger partial charge in [0.2, 0.25) is 0 Å². The van der Waals surface area contributed by atoms with Crippen molar-refractivity contribution >= 4 is 28.7 Å². The maximum atomic E-state index is 13.2. The molecule has 0 radical (unpaired) electrons. The lowest BCUT2D eigenvalue weighted by Gasteiger charge is -2.24. The topological polar surface area (TPSA) is 93.1 Å². The summed E-state index contributed by atoms with van der Waals surface area (Å²) in [6.07, 6.45) is 1.44. The van der Waals surface area contributed by atoms with Crippen molar-refractivity contribution in [1.82, 2.24) is 9.88 Å². The van der Waals surface area contributed by atoms with E-state index >= 15 is 0 Å². The predicted molar refractivity (Wildman–Crippen MR) is 169 cm³/mol. The molecule has 41 heavy (non-hydrogen) atoms.